The molecule has 0 bridgehead atoms. The van der Waals surface area contributed by atoms with E-state index in [2.05, 4.69) is 4.98 Å². The Labute approximate surface area is 106 Å². The minimum Gasteiger partial charge on any atom is -0.299 e. The van der Waals surface area contributed by atoms with Gasteiger partial charge in [0.1, 0.15) is 6.29 Å². The van der Waals surface area contributed by atoms with Gasteiger partial charge in [-0.15, -0.1) is 11.3 Å². The molecule has 17 heavy (non-hydrogen) atoms. The Balaban J connectivity index is 2.21. The van der Waals surface area contributed by atoms with Crippen molar-refractivity contribution in [3.63, 3.8) is 0 Å². The first kappa shape index (κ1) is 10.5. The number of fused-ring (bicyclic) bond motifs is 1. The molecule has 3 aromatic heterocycles. The average molecular weight is 263 g/mol. The zero-order valence-electron chi connectivity index (χ0n) is 8.63. The molecule has 0 fully saturated rings. The Morgan fingerprint density at radius 1 is 1.35 bits per heavy atom. The summed E-state index contributed by atoms with van der Waals surface area (Å²) < 4.78 is 2.68. The van der Waals surface area contributed by atoms with Crippen LogP contribution >= 0.6 is 22.9 Å². The zero-order chi connectivity index (χ0) is 11.8. The lowest BCUT2D eigenvalue weighted by molar-refractivity contribution is 0.112. The minimum atomic E-state index is 0.646. The molecule has 3 nitrogen and oxygen atoms in total. The van der Waals surface area contributed by atoms with Crippen LogP contribution in [0.4, 0.5) is 0 Å². The molecule has 3 rings (SSSR count). The lowest BCUT2D eigenvalue weighted by atomic mass is 10.3. The van der Waals surface area contributed by atoms with Crippen molar-refractivity contribution in [1.82, 2.24) is 9.38 Å². The molecule has 0 saturated heterocycles. The van der Waals surface area contributed by atoms with E-state index in [1.54, 1.807) is 18.3 Å². The third kappa shape index (κ3) is 1.75. The molecular formula is C12H7ClN2OS. The molecule has 0 atom stereocenters. The molecule has 0 N–H and O–H groups in total. The number of aldehydes is 1. The summed E-state index contributed by atoms with van der Waals surface area (Å²) in [7, 11) is 0. The number of thiophene rings is 1. The van der Waals surface area contributed by atoms with Gasteiger partial charge in [0.25, 0.3) is 0 Å². The standard InChI is InChI=1S/C12H7ClN2OS/c13-11-2-1-10(17-11)12-14-6-9-5-8(7-16)3-4-15(9)12/h1-7H. The minimum absolute atomic E-state index is 0.646. The van der Waals surface area contributed by atoms with Gasteiger partial charge in [0.15, 0.2) is 5.82 Å². The molecule has 0 radical (unpaired) electrons. The van der Waals surface area contributed by atoms with Crippen molar-refractivity contribution >= 4 is 34.7 Å². The summed E-state index contributed by atoms with van der Waals surface area (Å²) in [6.07, 6.45) is 4.42. The largest absolute Gasteiger partial charge is 0.299 e. The Bertz CT molecular complexity index is 701. The van der Waals surface area contributed by atoms with E-state index in [0.29, 0.717) is 5.56 Å². The predicted octanol–water partition coefficient (Wildman–Crippen LogP) is 3.53. The second-order valence-electron chi connectivity index (χ2n) is 3.56. The molecule has 3 heterocycles. The summed E-state index contributed by atoms with van der Waals surface area (Å²) in [6, 6.07) is 7.36. The van der Waals surface area contributed by atoms with Crippen LogP contribution in [0.15, 0.2) is 36.7 Å². The van der Waals surface area contributed by atoms with Gasteiger partial charge in [0, 0.05) is 11.8 Å². The SMILES string of the molecule is O=Cc1ccn2c(-c3ccc(Cl)s3)ncc2c1. The van der Waals surface area contributed by atoms with Crippen molar-refractivity contribution in [2.24, 2.45) is 0 Å². The van der Waals surface area contributed by atoms with Crippen molar-refractivity contribution in [3.8, 4) is 10.7 Å². The summed E-state index contributed by atoms with van der Waals surface area (Å²) in [5.41, 5.74) is 1.54. The van der Waals surface area contributed by atoms with Crippen molar-refractivity contribution in [2.75, 3.05) is 0 Å². The monoisotopic (exact) mass is 262 g/mol. The van der Waals surface area contributed by atoms with Gasteiger partial charge in [0.05, 0.1) is 20.9 Å². The van der Waals surface area contributed by atoms with Gasteiger partial charge >= 0.3 is 0 Å². The maximum absolute atomic E-state index is 10.7. The second-order valence-corrected chi connectivity index (χ2v) is 5.27. The molecule has 0 aliphatic heterocycles. The molecule has 84 valence electrons. The molecule has 3 aromatic rings. The number of carbonyl (C=O) groups excluding carboxylic acids is 1. The van der Waals surface area contributed by atoms with Crippen molar-refractivity contribution in [2.45, 2.75) is 0 Å². The van der Waals surface area contributed by atoms with Gasteiger partial charge in [-0.3, -0.25) is 9.20 Å². The van der Waals surface area contributed by atoms with E-state index in [0.717, 1.165) is 26.8 Å². The number of halogens is 1. The number of pyridine rings is 1. The van der Waals surface area contributed by atoms with Gasteiger partial charge in [-0.05, 0) is 24.3 Å². The summed E-state index contributed by atoms with van der Waals surface area (Å²) in [6.45, 7) is 0. The van der Waals surface area contributed by atoms with E-state index in [-0.39, 0.29) is 0 Å². The molecule has 0 spiro atoms. The molecule has 0 unspecified atom stereocenters. The number of hydrogen-bond donors (Lipinski definition) is 0. The average Bonchev–Trinajstić information content (AvgIpc) is 2.93. The van der Waals surface area contributed by atoms with E-state index in [4.69, 9.17) is 11.6 Å². The maximum atomic E-state index is 10.7. The first-order valence-corrected chi connectivity index (χ1v) is 6.15. The zero-order valence-corrected chi connectivity index (χ0v) is 10.2. The van der Waals surface area contributed by atoms with E-state index >= 15 is 0 Å². The number of nitrogens with zero attached hydrogens (tertiary/aromatic N) is 2. The second kappa shape index (κ2) is 3.98. The van der Waals surface area contributed by atoms with Gasteiger partial charge in [0.2, 0.25) is 0 Å². The van der Waals surface area contributed by atoms with E-state index < -0.39 is 0 Å². The highest BCUT2D eigenvalue weighted by atomic mass is 35.5. The van der Waals surface area contributed by atoms with Crippen LogP contribution in [0.2, 0.25) is 4.34 Å². The van der Waals surface area contributed by atoms with Crippen LogP contribution in [0.25, 0.3) is 16.2 Å². The molecule has 0 aromatic carbocycles. The first-order valence-electron chi connectivity index (χ1n) is 4.96. The third-order valence-electron chi connectivity index (χ3n) is 2.49. The molecule has 0 aliphatic carbocycles. The number of hydrogen-bond acceptors (Lipinski definition) is 3. The number of imidazole rings is 1. The maximum Gasteiger partial charge on any atom is 0.154 e. The van der Waals surface area contributed by atoms with Gasteiger partial charge < -0.3 is 0 Å². The topological polar surface area (TPSA) is 34.4 Å². The smallest absolute Gasteiger partial charge is 0.154 e. The number of aromatic nitrogens is 2. The van der Waals surface area contributed by atoms with Crippen LogP contribution < -0.4 is 0 Å². The Kier molecular flexibility index (Phi) is 2.46. The Morgan fingerprint density at radius 2 is 2.24 bits per heavy atom. The Morgan fingerprint density at radius 3 is 2.94 bits per heavy atom. The quantitative estimate of drug-likeness (QED) is 0.662. The number of carbonyl (C=O) groups is 1. The van der Waals surface area contributed by atoms with E-state index in [1.165, 1.54) is 11.3 Å². The van der Waals surface area contributed by atoms with Crippen molar-refractivity contribution in [3.05, 3.63) is 46.6 Å². The number of rotatable bonds is 2. The normalized spacial score (nSPS) is 10.9. The summed E-state index contributed by atoms with van der Waals surface area (Å²) in [5, 5.41) is 0. The highest BCUT2D eigenvalue weighted by molar-refractivity contribution is 7.19. The van der Waals surface area contributed by atoms with Crippen molar-refractivity contribution in [1.29, 1.82) is 0 Å². The highest BCUT2D eigenvalue weighted by Crippen LogP contribution is 2.30. The lowest BCUT2D eigenvalue weighted by Gasteiger charge is -1.98. The fourth-order valence-electron chi connectivity index (χ4n) is 1.71. The molecule has 0 aliphatic rings. The van der Waals surface area contributed by atoms with Crippen LogP contribution in [0, 0.1) is 0 Å². The Hall–Kier alpha value is -1.65. The summed E-state index contributed by atoms with van der Waals surface area (Å²) >= 11 is 7.39. The molecular weight excluding hydrogens is 256 g/mol. The van der Waals surface area contributed by atoms with Gasteiger partial charge in [-0.2, -0.15) is 0 Å². The molecule has 5 heteroatoms. The lowest BCUT2D eigenvalue weighted by Crippen LogP contribution is -1.88. The first-order chi connectivity index (χ1) is 8.28. The highest BCUT2D eigenvalue weighted by Gasteiger charge is 2.08. The van der Waals surface area contributed by atoms with Crippen LogP contribution in [-0.2, 0) is 0 Å². The molecule has 0 amide bonds. The van der Waals surface area contributed by atoms with Crippen LogP contribution in [0.3, 0.4) is 0 Å². The van der Waals surface area contributed by atoms with Crippen LogP contribution in [-0.4, -0.2) is 15.7 Å². The predicted molar refractivity (Wildman–Crippen MR) is 68.9 cm³/mol. The van der Waals surface area contributed by atoms with Crippen molar-refractivity contribution < 1.29 is 4.79 Å². The van der Waals surface area contributed by atoms with Crippen LogP contribution in [0.1, 0.15) is 10.4 Å². The fraction of sp³-hybridized carbons (Fsp3) is 0. The third-order valence-corrected chi connectivity index (χ3v) is 3.71. The van der Waals surface area contributed by atoms with Gasteiger partial charge in [-0.1, -0.05) is 11.6 Å². The summed E-state index contributed by atoms with van der Waals surface area (Å²) in [4.78, 5) is 16.0. The van der Waals surface area contributed by atoms with E-state index in [1.807, 2.05) is 22.7 Å². The summed E-state index contributed by atoms with van der Waals surface area (Å²) in [5.74, 6) is 0.842. The fourth-order valence-corrected chi connectivity index (χ4v) is 2.74. The van der Waals surface area contributed by atoms with E-state index in [9.17, 15) is 4.79 Å². The van der Waals surface area contributed by atoms with Crippen LogP contribution in [0.5, 0.6) is 0 Å². The van der Waals surface area contributed by atoms with Gasteiger partial charge in [-0.25, -0.2) is 4.98 Å². The molecule has 0 saturated carbocycles.